The number of benzene rings is 2. The molecule has 0 bridgehead atoms. The van der Waals surface area contributed by atoms with Crippen LogP contribution in [0.2, 0.25) is 0 Å². The third-order valence-electron chi connectivity index (χ3n) is 3.83. The maximum absolute atomic E-state index is 12.2. The number of sulfonamides is 1. The Morgan fingerprint density at radius 3 is 2.37 bits per heavy atom. The van der Waals surface area contributed by atoms with Gasteiger partial charge in [-0.2, -0.15) is 0 Å². The number of amides is 1. The van der Waals surface area contributed by atoms with E-state index < -0.39 is 10.0 Å². The molecule has 0 atom stereocenters. The molecular weight excluding hydrogens is 382 g/mol. The maximum Gasteiger partial charge on any atom is 0.242 e. The van der Waals surface area contributed by atoms with Crippen molar-refractivity contribution < 1.29 is 13.2 Å². The SMILES string of the molecule is CN(C)S(=O)(=O)c1ccc(NC(=O)Cc2csc(-c3ccccc3)n2)cc1. The van der Waals surface area contributed by atoms with Crippen LogP contribution in [0.1, 0.15) is 5.69 Å². The van der Waals surface area contributed by atoms with E-state index in [2.05, 4.69) is 10.3 Å². The molecule has 0 aliphatic rings. The first kappa shape index (κ1) is 19.2. The van der Waals surface area contributed by atoms with Crippen molar-refractivity contribution in [1.29, 1.82) is 0 Å². The highest BCUT2D eigenvalue weighted by Gasteiger charge is 2.17. The molecule has 27 heavy (non-hydrogen) atoms. The van der Waals surface area contributed by atoms with Crippen LogP contribution in [0.3, 0.4) is 0 Å². The molecule has 3 rings (SSSR count). The van der Waals surface area contributed by atoms with Crippen molar-refractivity contribution >= 4 is 33.0 Å². The van der Waals surface area contributed by atoms with E-state index in [1.807, 2.05) is 35.7 Å². The molecule has 0 spiro atoms. The van der Waals surface area contributed by atoms with Gasteiger partial charge in [0.2, 0.25) is 15.9 Å². The number of nitrogens with one attached hydrogen (secondary N) is 1. The lowest BCUT2D eigenvalue weighted by Crippen LogP contribution is -2.22. The first-order chi connectivity index (χ1) is 12.9. The number of thiazole rings is 1. The van der Waals surface area contributed by atoms with Gasteiger partial charge in [0.05, 0.1) is 17.0 Å². The molecule has 2 aromatic carbocycles. The first-order valence-corrected chi connectivity index (χ1v) is 10.5. The lowest BCUT2D eigenvalue weighted by atomic mass is 10.2. The van der Waals surface area contributed by atoms with E-state index in [-0.39, 0.29) is 17.2 Å². The molecule has 8 heteroatoms. The molecule has 0 aliphatic carbocycles. The number of hydrogen-bond donors (Lipinski definition) is 1. The standard InChI is InChI=1S/C19H19N3O3S2/c1-22(2)27(24,25)17-10-8-15(9-11-17)20-18(23)12-16-13-26-19(21-16)14-6-4-3-5-7-14/h3-11,13H,12H2,1-2H3,(H,20,23). The fourth-order valence-corrected chi connectivity index (χ4v) is 4.12. The Labute approximate surface area is 162 Å². The largest absolute Gasteiger partial charge is 0.326 e. The van der Waals surface area contributed by atoms with E-state index in [0.717, 1.165) is 14.9 Å². The van der Waals surface area contributed by atoms with Crippen molar-refractivity contribution in [3.8, 4) is 10.6 Å². The number of rotatable bonds is 6. The minimum Gasteiger partial charge on any atom is -0.326 e. The average Bonchev–Trinajstić information content (AvgIpc) is 3.11. The number of carbonyl (C=O) groups excluding carboxylic acids is 1. The second kappa shape index (κ2) is 7.99. The fourth-order valence-electron chi connectivity index (χ4n) is 2.39. The van der Waals surface area contributed by atoms with E-state index in [0.29, 0.717) is 11.4 Å². The molecule has 0 radical (unpaired) electrons. The van der Waals surface area contributed by atoms with E-state index in [1.165, 1.54) is 37.6 Å². The van der Waals surface area contributed by atoms with Crippen LogP contribution in [-0.4, -0.2) is 37.7 Å². The van der Waals surface area contributed by atoms with Gasteiger partial charge >= 0.3 is 0 Å². The summed E-state index contributed by atoms with van der Waals surface area (Å²) in [5, 5.41) is 5.51. The van der Waals surface area contributed by atoms with Crippen molar-refractivity contribution in [2.75, 3.05) is 19.4 Å². The summed E-state index contributed by atoms with van der Waals surface area (Å²) in [4.78, 5) is 16.9. The summed E-state index contributed by atoms with van der Waals surface area (Å²) in [6.45, 7) is 0. The first-order valence-electron chi connectivity index (χ1n) is 8.18. The topological polar surface area (TPSA) is 79.4 Å². The second-order valence-electron chi connectivity index (χ2n) is 6.05. The van der Waals surface area contributed by atoms with Gasteiger partial charge in [0.15, 0.2) is 0 Å². The Morgan fingerprint density at radius 1 is 1.07 bits per heavy atom. The summed E-state index contributed by atoms with van der Waals surface area (Å²) in [6, 6.07) is 15.9. The lowest BCUT2D eigenvalue weighted by molar-refractivity contribution is -0.115. The molecular formula is C19H19N3O3S2. The molecule has 6 nitrogen and oxygen atoms in total. The minimum atomic E-state index is -3.48. The van der Waals surface area contributed by atoms with Crippen molar-refractivity contribution in [1.82, 2.24) is 9.29 Å². The van der Waals surface area contributed by atoms with E-state index in [1.54, 1.807) is 12.1 Å². The average molecular weight is 402 g/mol. The van der Waals surface area contributed by atoms with Crippen molar-refractivity contribution in [3.63, 3.8) is 0 Å². The van der Waals surface area contributed by atoms with Gasteiger partial charge in [-0.15, -0.1) is 11.3 Å². The van der Waals surface area contributed by atoms with Gasteiger partial charge in [-0.3, -0.25) is 4.79 Å². The van der Waals surface area contributed by atoms with Gasteiger partial charge in [-0.1, -0.05) is 30.3 Å². The van der Waals surface area contributed by atoms with Gasteiger partial charge in [0.25, 0.3) is 0 Å². The van der Waals surface area contributed by atoms with E-state index >= 15 is 0 Å². The van der Waals surface area contributed by atoms with Gasteiger partial charge in [0, 0.05) is 30.7 Å². The van der Waals surface area contributed by atoms with E-state index in [9.17, 15) is 13.2 Å². The smallest absolute Gasteiger partial charge is 0.242 e. The van der Waals surface area contributed by atoms with Crippen LogP contribution in [0.15, 0.2) is 64.9 Å². The zero-order valence-electron chi connectivity index (χ0n) is 14.9. The van der Waals surface area contributed by atoms with Crippen LogP contribution < -0.4 is 5.32 Å². The molecule has 0 saturated heterocycles. The summed E-state index contributed by atoms with van der Waals surface area (Å²) in [7, 11) is -0.533. The molecule has 140 valence electrons. The van der Waals surface area contributed by atoms with Gasteiger partial charge < -0.3 is 5.32 Å². The van der Waals surface area contributed by atoms with Crippen LogP contribution >= 0.6 is 11.3 Å². The van der Waals surface area contributed by atoms with Gasteiger partial charge in [-0.25, -0.2) is 17.7 Å². The minimum absolute atomic E-state index is 0.154. The van der Waals surface area contributed by atoms with Crippen LogP contribution in [0.25, 0.3) is 10.6 Å². The van der Waals surface area contributed by atoms with Gasteiger partial charge in [-0.05, 0) is 24.3 Å². The molecule has 0 saturated carbocycles. The molecule has 3 aromatic rings. The summed E-state index contributed by atoms with van der Waals surface area (Å²) in [5.41, 5.74) is 2.26. The predicted octanol–water partition coefficient (Wildman–Crippen LogP) is 3.24. The highest BCUT2D eigenvalue weighted by atomic mass is 32.2. The highest BCUT2D eigenvalue weighted by molar-refractivity contribution is 7.89. The molecule has 0 unspecified atom stereocenters. The van der Waals surface area contributed by atoms with Gasteiger partial charge in [0.1, 0.15) is 5.01 Å². The van der Waals surface area contributed by atoms with E-state index in [4.69, 9.17) is 0 Å². The second-order valence-corrected chi connectivity index (χ2v) is 9.06. The summed E-state index contributed by atoms with van der Waals surface area (Å²) < 4.78 is 25.3. The summed E-state index contributed by atoms with van der Waals surface area (Å²) in [6.07, 6.45) is 0.154. The quantitative estimate of drug-likeness (QED) is 0.688. The van der Waals surface area contributed by atoms with Crippen LogP contribution in [0.4, 0.5) is 5.69 Å². The van der Waals surface area contributed by atoms with Crippen LogP contribution in [-0.2, 0) is 21.2 Å². The molecule has 1 amide bonds. The number of aromatic nitrogens is 1. The predicted molar refractivity (Wildman–Crippen MR) is 107 cm³/mol. The Bertz CT molecular complexity index is 1030. The number of carbonyl (C=O) groups is 1. The Balaban J connectivity index is 1.64. The summed E-state index contributed by atoms with van der Waals surface area (Å²) in [5.74, 6) is -0.205. The lowest BCUT2D eigenvalue weighted by Gasteiger charge is -2.11. The zero-order chi connectivity index (χ0) is 19.4. The summed E-state index contributed by atoms with van der Waals surface area (Å²) >= 11 is 1.50. The van der Waals surface area contributed by atoms with Crippen molar-refractivity contribution in [2.45, 2.75) is 11.3 Å². The Kier molecular flexibility index (Phi) is 5.69. The van der Waals surface area contributed by atoms with Crippen molar-refractivity contribution in [3.05, 3.63) is 65.7 Å². The molecule has 1 N–H and O–H groups in total. The Hall–Kier alpha value is -2.55. The fraction of sp³-hybridized carbons (Fsp3) is 0.158. The highest BCUT2D eigenvalue weighted by Crippen LogP contribution is 2.23. The normalized spacial score (nSPS) is 11.5. The molecule has 1 heterocycles. The molecule has 1 aromatic heterocycles. The zero-order valence-corrected chi connectivity index (χ0v) is 16.5. The monoisotopic (exact) mass is 401 g/mol. The van der Waals surface area contributed by atoms with Crippen LogP contribution in [0.5, 0.6) is 0 Å². The number of anilines is 1. The molecule has 0 aliphatic heterocycles. The number of nitrogens with zero attached hydrogens (tertiary/aromatic N) is 2. The van der Waals surface area contributed by atoms with Crippen LogP contribution in [0, 0.1) is 0 Å². The number of hydrogen-bond acceptors (Lipinski definition) is 5. The third-order valence-corrected chi connectivity index (χ3v) is 6.60. The third kappa shape index (κ3) is 4.60. The molecule has 0 fully saturated rings. The maximum atomic E-state index is 12.2. The van der Waals surface area contributed by atoms with Crippen molar-refractivity contribution in [2.24, 2.45) is 0 Å². The Morgan fingerprint density at radius 2 is 1.74 bits per heavy atom.